The van der Waals surface area contributed by atoms with E-state index in [1.165, 1.54) is 0 Å². The third-order valence-electron chi connectivity index (χ3n) is 3.97. The minimum Gasteiger partial charge on any atom is -0.497 e. The van der Waals surface area contributed by atoms with Crippen molar-refractivity contribution in [2.45, 2.75) is 0 Å². The van der Waals surface area contributed by atoms with Gasteiger partial charge in [0, 0.05) is 11.6 Å². The number of rotatable bonds is 2. The average molecular weight is 302 g/mol. The highest BCUT2D eigenvalue weighted by molar-refractivity contribution is 5.88. The molecule has 0 amide bonds. The van der Waals surface area contributed by atoms with Crippen LogP contribution in [-0.4, -0.2) is 7.11 Å². The minimum atomic E-state index is -0.0309. The van der Waals surface area contributed by atoms with Gasteiger partial charge in [-0.3, -0.25) is 4.79 Å². The van der Waals surface area contributed by atoms with Crippen LogP contribution in [0.4, 0.5) is 0 Å². The summed E-state index contributed by atoms with van der Waals surface area (Å²) in [7, 11) is 1.65. The number of methoxy groups -OCH3 is 1. The predicted molar refractivity (Wildman–Crippen MR) is 92.0 cm³/mol. The maximum Gasteiger partial charge on any atom is 0.193 e. The second kappa shape index (κ2) is 5.29. The predicted octanol–water partition coefficient (Wildman–Crippen LogP) is 4.62. The molecule has 0 aliphatic heterocycles. The third-order valence-corrected chi connectivity index (χ3v) is 3.97. The number of fused-ring (bicyclic) bond motifs is 2. The summed E-state index contributed by atoms with van der Waals surface area (Å²) in [6, 6.07) is 20.7. The second-order valence-corrected chi connectivity index (χ2v) is 5.40. The zero-order valence-electron chi connectivity index (χ0n) is 12.6. The molecular weight excluding hydrogens is 288 g/mol. The maximum atomic E-state index is 12.2. The Morgan fingerprint density at radius 2 is 1.65 bits per heavy atom. The number of hydrogen-bond donors (Lipinski definition) is 0. The van der Waals surface area contributed by atoms with E-state index >= 15 is 0 Å². The SMILES string of the molecule is COc1ccc2cc(-c3cc(=O)c4ccccc4o3)ccc2c1. The summed E-state index contributed by atoms with van der Waals surface area (Å²) >= 11 is 0. The molecule has 0 spiro atoms. The molecule has 0 N–H and O–H groups in total. The molecule has 0 aliphatic rings. The lowest BCUT2D eigenvalue weighted by molar-refractivity contribution is 0.415. The third kappa shape index (κ3) is 2.36. The maximum absolute atomic E-state index is 12.2. The topological polar surface area (TPSA) is 39.4 Å². The number of benzene rings is 3. The molecule has 0 saturated carbocycles. The van der Waals surface area contributed by atoms with Crippen molar-refractivity contribution in [2.24, 2.45) is 0 Å². The minimum absolute atomic E-state index is 0.0309. The molecule has 1 heterocycles. The summed E-state index contributed by atoms with van der Waals surface area (Å²) in [6.07, 6.45) is 0. The van der Waals surface area contributed by atoms with Gasteiger partial charge in [-0.25, -0.2) is 0 Å². The Kier molecular flexibility index (Phi) is 3.12. The van der Waals surface area contributed by atoms with Crippen molar-refractivity contribution in [1.29, 1.82) is 0 Å². The van der Waals surface area contributed by atoms with Crippen molar-refractivity contribution in [1.82, 2.24) is 0 Å². The summed E-state index contributed by atoms with van der Waals surface area (Å²) in [4.78, 5) is 12.2. The van der Waals surface area contributed by atoms with E-state index in [0.717, 1.165) is 22.1 Å². The first kappa shape index (κ1) is 13.6. The first-order valence-electron chi connectivity index (χ1n) is 7.36. The Morgan fingerprint density at radius 3 is 2.52 bits per heavy atom. The van der Waals surface area contributed by atoms with Gasteiger partial charge in [-0.2, -0.15) is 0 Å². The van der Waals surface area contributed by atoms with E-state index < -0.39 is 0 Å². The van der Waals surface area contributed by atoms with Gasteiger partial charge in [-0.15, -0.1) is 0 Å². The van der Waals surface area contributed by atoms with Crippen molar-refractivity contribution < 1.29 is 9.15 Å². The van der Waals surface area contributed by atoms with Crippen molar-refractivity contribution in [3.05, 3.63) is 77.0 Å². The summed E-state index contributed by atoms with van der Waals surface area (Å²) in [5.74, 6) is 1.40. The van der Waals surface area contributed by atoms with Crippen LogP contribution in [0.1, 0.15) is 0 Å². The number of ether oxygens (including phenoxy) is 1. The van der Waals surface area contributed by atoms with Gasteiger partial charge < -0.3 is 9.15 Å². The first-order chi connectivity index (χ1) is 11.2. The van der Waals surface area contributed by atoms with Crippen LogP contribution >= 0.6 is 0 Å². The van der Waals surface area contributed by atoms with Gasteiger partial charge in [0.2, 0.25) is 0 Å². The van der Waals surface area contributed by atoms with Gasteiger partial charge in [-0.1, -0.05) is 30.3 Å². The van der Waals surface area contributed by atoms with Gasteiger partial charge in [0.25, 0.3) is 0 Å². The largest absolute Gasteiger partial charge is 0.497 e. The molecule has 0 fully saturated rings. The molecule has 4 rings (SSSR count). The van der Waals surface area contributed by atoms with Crippen LogP contribution in [0.15, 0.2) is 75.9 Å². The van der Waals surface area contributed by atoms with Crippen LogP contribution in [0.3, 0.4) is 0 Å². The molecule has 0 radical (unpaired) electrons. The van der Waals surface area contributed by atoms with Crippen molar-refractivity contribution in [2.75, 3.05) is 7.11 Å². The second-order valence-electron chi connectivity index (χ2n) is 5.40. The highest BCUT2D eigenvalue weighted by Gasteiger charge is 2.07. The lowest BCUT2D eigenvalue weighted by atomic mass is 10.0. The fourth-order valence-electron chi connectivity index (χ4n) is 2.75. The smallest absolute Gasteiger partial charge is 0.193 e. The normalized spacial score (nSPS) is 11.0. The van der Waals surface area contributed by atoms with E-state index in [2.05, 4.69) is 0 Å². The summed E-state index contributed by atoms with van der Waals surface area (Å²) in [5.41, 5.74) is 1.45. The number of para-hydroxylation sites is 1. The van der Waals surface area contributed by atoms with Crippen LogP contribution in [0.5, 0.6) is 5.75 Å². The first-order valence-corrected chi connectivity index (χ1v) is 7.36. The lowest BCUT2D eigenvalue weighted by Crippen LogP contribution is -1.99. The van der Waals surface area contributed by atoms with E-state index in [0.29, 0.717) is 16.7 Å². The Labute approximate surface area is 132 Å². The zero-order chi connectivity index (χ0) is 15.8. The van der Waals surface area contributed by atoms with E-state index in [4.69, 9.17) is 9.15 Å². The molecule has 3 aromatic carbocycles. The molecule has 1 aromatic heterocycles. The van der Waals surface area contributed by atoms with Gasteiger partial charge >= 0.3 is 0 Å². The van der Waals surface area contributed by atoms with E-state index in [-0.39, 0.29) is 5.43 Å². The van der Waals surface area contributed by atoms with E-state index in [1.807, 2.05) is 54.6 Å². The molecular formula is C20H14O3. The standard InChI is InChI=1S/C20H14O3/c1-22-16-9-8-13-10-15(7-6-14(13)11-16)20-12-18(21)17-4-2-3-5-19(17)23-20/h2-12H,1H3. The fraction of sp³-hybridized carbons (Fsp3) is 0.0500. The monoisotopic (exact) mass is 302 g/mol. The Balaban J connectivity index is 1.90. The van der Waals surface area contributed by atoms with Gasteiger partial charge in [0.1, 0.15) is 17.1 Å². The zero-order valence-corrected chi connectivity index (χ0v) is 12.6. The number of hydrogen-bond acceptors (Lipinski definition) is 3. The molecule has 3 nitrogen and oxygen atoms in total. The van der Waals surface area contributed by atoms with E-state index in [9.17, 15) is 4.79 Å². The molecule has 23 heavy (non-hydrogen) atoms. The summed E-state index contributed by atoms with van der Waals surface area (Å²) in [6.45, 7) is 0. The lowest BCUT2D eigenvalue weighted by Gasteiger charge is -2.06. The molecule has 3 heteroatoms. The Bertz CT molecular complexity index is 1080. The molecule has 4 aromatic rings. The van der Waals surface area contributed by atoms with Crippen LogP contribution in [0, 0.1) is 0 Å². The van der Waals surface area contributed by atoms with Gasteiger partial charge in [0.05, 0.1) is 12.5 Å². The van der Waals surface area contributed by atoms with Crippen molar-refractivity contribution >= 4 is 21.7 Å². The quantitative estimate of drug-likeness (QED) is 0.542. The molecule has 0 saturated heterocycles. The molecule has 0 bridgehead atoms. The molecule has 0 aliphatic carbocycles. The van der Waals surface area contributed by atoms with Crippen molar-refractivity contribution in [3.63, 3.8) is 0 Å². The summed E-state index contributed by atoms with van der Waals surface area (Å²) in [5, 5.41) is 2.75. The van der Waals surface area contributed by atoms with E-state index in [1.54, 1.807) is 19.2 Å². The molecule has 0 unspecified atom stereocenters. The summed E-state index contributed by atoms with van der Waals surface area (Å²) < 4.78 is 11.1. The Morgan fingerprint density at radius 1 is 0.870 bits per heavy atom. The van der Waals surface area contributed by atoms with Crippen LogP contribution in [0.2, 0.25) is 0 Å². The van der Waals surface area contributed by atoms with Gasteiger partial charge in [-0.05, 0) is 41.1 Å². The van der Waals surface area contributed by atoms with Crippen LogP contribution in [0.25, 0.3) is 33.1 Å². The van der Waals surface area contributed by atoms with Crippen molar-refractivity contribution in [3.8, 4) is 17.1 Å². The highest BCUT2D eigenvalue weighted by Crippen LogP contribution is 2.27. The molecule has 112 valence electrons. The molecule has 0 atom stereocenters. The Hall–Kier alpha value is -3.07. The van der Waals surface area contributed by atoms with Crippen LogP contribution in [-0.2, 0) is 0 Å². The fourth-order valence-corrected chi connectivity index (χ4v) is 2.75. The average Bonchev–Trinajstić information content (AvgIpc) is 2.60. The van der Waals surface area contributed by atoms with Gasteiger partial charge in [0.15, 0.2) is 5.43 Å². The highest BCUT2D eigenvalue weighted by atomic mass is 16.5. The van der Waals surface area contributed by atoms with Crippen LogP contribution < -0.4 is 10.2 Å².